The second-order valence-electron chi connectivity index (χ2n) is 7.14. The summed E-state index contributed by atoms with van der Waals surface area (Å²) in [6.45, 7) is 0. The zero-order chi connectivity index (χ0) is 22.8. The fraction of sp³-hybridized carbons (Fsp3) is 0.0435. The highest BCUT2D eigenvalue weighted by molar-refractivity contribution is 7.98. The summed E-state index contributed by atoms with van der Waals surface area (Å²) in [6, 6.07) is 19.2. The van der Waals surface area contributed by atoms with E-state index in [1.54, 1.807) is 40.7 Å². The summed E-state index contributed by atoms with van der Waals surface area (Å²) < 4.78 is 1.72. The van der Waals surface area contributed by atoms with Crippen molar-refractivity contribution in [2.24, 2.45) is 4.99 Å². The molecule has 3 N–H and O–H groups in total. The van der Waals surface area contributed by atoms with Crippen LogP contribution in [-0.2, 0) is 5.75 Å². The van der Waals surface area contributed by atoms with Crippen molar-refractivity contribution in [1.82, 2.24) is 24.6 Å². The molecule has 0 atom stereocenters. The van der Waals surface area contributed by atoms with E-state index < -0.39 is 5.69 Å². The van der Waals surface area contributed by atoms with Crippen molar-refractivity contribution in [1.29, 1.82) is 0 Å². The Morgan fingerprint density at radius 3 is 2.73 bits per heavy atom. The fourth-order valence-electron chi connectivity index (χ4n) is 3.26. The van der Waals surface area contributed by atoms with Crippen LogP contribution in [0.5, 0.6) is 5.88 Å². The lowest BCUT2D eigenvalue weighted by molar-refractivity contribution is 0.454. The van der Waals surface area contributed by atoms with Gasteiger partial charge in [-0.2, -0.15) is 5.10 Å². The van der Waals surface area contributed by atoms with Gasteiger partial charge in [-0.3, -0.25) is 4.98 Å². The van der Waals surface area contributed by atoms with Crippen molar-refractivity contribution in [3.8, 4) is 5.88 Å². The van der Waals surface area contributed by atoms with Crippen LogP contribution in [-0.4, -0.2) is 29.7 Å². The SMILES string of the molecule is O=c1[nH]c(O)c(/C=c2/cnn3c(SCc4ccccc4)cc(=Nc4cccc(Cl)c4)nc23)[nH]1. The second-order valence-corrected chi connectivity index (χ2v) is 8.57. The van der Waals surface area contributed by atoms with Gasteiger partial charge in [0.2, 0.25) is 5.88 Å². The summed E-state index contributed by atoms with van der Waals surface area (Å²) in [5.74, 6) is 0.485. The van der Waals surface area contributed by atoms with E-state index in [1.807, 2.05) is 36.4 Å². The molecule has 0 fully saturated rings. The number of nitrogens with one attached hydrogen (secondary N) is 2. The Morgan fingerprint density at radius 1 is 1.12 bits per heavy atom. The maximum absolute atomic E-state index is 11.5. The van der Waals surface area contributed by atoms with E-state index in [2.05, 4.69) is 37.2 Å². The molecule has 10 heteroatoms. The maximum Gasteiger partial charge on any atom is 0.326 e. The molecule has 0 radical (unpaired) electrons. The molecule has 8 nitrogen and oxygen atoms in total. The van der Waals surface area contributed by atoms with Crippen LogP contribution in [0.2, 0.25) is 5.02 Å². The molecule has 2 aromatic carbocycles. The number of aromatic nitrogens is 5. The summed E-state index contributed by atoms with van der Waals surface area (Å²) in [4.78, 5) is 25.7. The Bertz CT molecular complexity index is 1620. The standard InChI is InChI=1S/C23H17ClN6O2S/c24-16-7-4-8-17(10-16)26-19-11-20(33-13-14-5-2-1-3-6-14)30-21(28-19)15(12-25-30)9-18-22(31)29-23(32)27-18/h1-12,31H,13H2,(H2,27,29,32)/b15-9-,26-19?. The lowest BCUT2D eigenvalue weighted by atomic mass is 10.2. The van der Waals surface area contributed by atoms with Gasteiger partial charge in [0, 0.05) is 22.1 Å². The molecule has 0 unspecified atom stereocenters. The summed E-state index contributed by atoms with van der Waals surface area (Å²) in [7, 11) is 0. The molecule has 0 amide bonds. The van der Waals surface area contributed by atoms with Gasteiger partial charge in [-0.1, -0.05) is 48.0 Å². The first-order valence-corrected chi connectivity index (χ1v) is 11.3. The van der Waals surface area contributed by atoms with Crippen LogP contribution in [0.1, 0.15) is 11.3 Å². The van der Waals surface area contributed by atoms with Crippen molar-refractivity contribution in [2.75, 3.05) is 0 Å². The normalized spacial score (nSPS) is 12.6. The topological polar surface area (TPSA) is 111 Å². The molecule has 0 spiro atoms. The number of nitrogens with zero attached hydrogens (tertiary/aromatic N) is 4. The third-order valence-corrected chi connectivity index (χ3v) is 6.07. The molecule has 3 heterocycles. The van der Waals surface area contributed by atoms with Crippen LogP contribution in [0.15, 0.2) is 81.7 Å². The van der Waals surface area contributed by atoms with E-state index in [9.17, 15) is 9.90 Å². The number of hydrogen-bond acceptors (Lipinski definition) is 6. The van der Waals surface area contributed by atoms with Gasteiger partial charge in [-0.15, -0.1) is 11.8 Å². The van der Waals surface area contributed by atoms with E-state index >= 15 is 0 Å². The zero-order valence-electron chi connectivity index (χ0n) is 17.1. The lowest BCUT2D eigenvalue weighted by Crippen LogP contribution is -2.15. The molecule has 0 saturated heterocycles. The van der Waals surface area contributed by atoms with Crippen LogP contribution in [0.25, 0.3) is 11.7 Å². The van der Waals surface area contributed by atoms with Crippen LogP contribution in [0.4, 0.5) is 5.69 Å². The van der Waals surface area contributed by atoms with Gasteiger partial charge in [-0.25, -0.2) is 19.3 Å². The average Bonchev–Trinajstić information content (AvgIpc) is 3.35. The highest BCUT2D eigenvalue weighted by atomic mass is 35.5. The average molecular weight is 477 g/mol. The van der Waals surface area contributed by atoms with Gasteiger partial charge < -0.3 is 10.1 Å². The van der Waals surface area contributed by atoms with Crippen LogP contribution >= 0.6 is 23.4 Å². The predicted molar refractivity (Wildman–Crippen MR) is 128 cm³/mol. The van der Waals surface area contributed by atoms with Gasteiger partial charge in [-0.05, 0) is 29.8 Å². The van der Waals surface area contributed by atoms with Crippen molar-refractivity contribution >= 4 is 40.8 Å². The molecular weight excluding hydrogens is 460 g/mol. The van der Waals surface area contributed by atoms with Gasteiger partial charge in [0.05, 0.1) is 11.9 Å². The summed E-state index contributed by atoms with van der Waals surface area (Å²) in [6.07, 6.45) is 3.24. The minimum Gasteiger partial charge on any atom is -0.493 e. The maximum atomic E-state index is 11.5. The third kappa shape index (κ3) is 4.69. The molecule has 164 valence electrons. The number of rotatable bonds is 5. The molecule has 0 aliphatic heterocycles. The van der Waals surface area contributed by atoms with Gasteiger partial charge in [0.25, 0.3) is 0 Å². The van der Waals surface area contributed by atoms with E-state index in [0.717, 1.165) is 10.8 Å². The summed E-state index contributed by atoms with van der Waals surface area (Å²) in [5.41, 5.74) is 2.62. The smallest absolute Gasteiger partial charge is 0.326 e. The summed E-state index contributed by atoms with van der Waals surface area (Å²) >= 11 is 7.72. The van der Waals surface area contributed by atoms with E-state index in [4.69, 9.17) is 11.6 Å². The highest BCUT2D eigenvalue weighted by Crippen LogP contribution is 2.22. The number of thioether (sulfide) groups is 1. The predicted octanol–water partition coefficient (Wildman–Crippen LogP) is 3.18. The highest BCUT2D eigenvalue weighted by Gasteiger charge is 2.10. The molecule has 33 heavy (non-hydrogen) atoms. The van der Waals surface area contributed by atoms with Crippen molar-refractivity contribution in [3.63, 3.8) is 0 Å². The molecular formula is C23H17ClN6O2S. The minimum absolute atomic E-state index is 0.243. The molecule has 5 rings (SSSR count). The van der Waals surface area contributed by atoms with Gasteiger partial charge in [0.1, 0.15) is 10.7 Å². The van der Waals surface area contributed by atoms with Crippen LogP contribution in [0, 0.1) is 0 Å². The third-order valence-electron chi connectivity index (χ3n) is 4.77. The van der Waals surface area contributed by atoms with Crippen molar-refractivity contribution in [3.05, 3.63) is 104 Å². The number of imidazole rings is 1. The number of aromatic hydroxyl groups is 1. The largest absolute Gasteiger partial charge is 0.493 e. The van der Waals surface area contributed by atoms with E-state index in [-0.39, 0.29) is 11.6 Å². The number of aromatic amines is 2. The van der Waals surface area contributed by atoms with Crippen molar-refractivity contribution in [2.45, 2.75) is 10.8 Å². The van der Waals surface area contributed by atoms with E-state index in [1.165, 1.54) is 5.56 Å². The van der Waals surface area contributed by atoms with Crippen molar-refractivity contribution < 1.29 is 5.11 Å². The first-order chi connectivity index (χ1) is 16.0. The minimum atomic E-state index is -0.501. The number of H-pyrrole nitrogens is 2. The number of benzene rings is 2. The Morgan fingerprint density at radius 2 is 1.97 bits per heavy atom. The van der Waals surface area contributed by atoms with Crippen LogP contribution < -0.4 is 16.4 Å². The molecule has 0 aliphatic rings. The molecule has 5 aromatic rings. The second kappa shape index (κ2) is 8.97. The first-order valence-electron chi connectivity index (χ1n) is 9.94. The Hall–Kier alpha value is -3.82. The van der Waals surface area contributed by atoms with E-state index in [0.29, 0.717) is 27.1 Å². The zero-order valence-corrected chi connectivity index (χ0v) is 18.6. The van der Waals surface area contributed by atoms with Gasteiger partial charge in [0.15, 0.2) is 11.1 Å². The van der Waals surface area contributed by atoms with Gasteiger partial charge >= 0.3 is 5.69 Å². The number of halogens is 1. The molecule has 0 bridgehead atoms. The molecule has 3 aromatic heterocycles. The van der Waals surface area contributed by atoms with Crippen LogP contribution in [0.3, 0.4) is 0 Å². The summed E-state index contributed by atoms with van der Waals surface area (Å²) in [5, 5.41) is 16.5. The Labute approximate surface area is 196 Å². The first kappa shape index (κ1) is 21.0. The Balaban J connectivity index is 1.66. The molecule has 0 aliphatic carbocycles. The number of fused-ring (bicyclic) bond motifs is 1. The fourth-order valence-corrected chi connectivity index (χ4v) is 4.40. The quantitative estimate of drug-likeness (QED) is 0.266. The lowest BCUT2D eigenvalue weighted by Gasteiger charge is -2.05. The Kier molecular flexibility index (Phi) is 5.72. The monoisotopic (exact) mass is 476 g/mol. The number of hydrogen-bond donors (Lipinski definition) is 3. The molecule has 0 saturated carbocycles.